The van der Waals surface area contributed by atoms with Gasteiger partial charge in [-0.05, 0) is 48.7 Å². The van der Waals surface area contributed by atoms with Gasteiger partial charge in [0, 0.05) is 43.0 Å². The number of aromatic nitrogens is 1. The van der Waals surface area contributed by atoms with Crippen LogP contribution in [0.25, 0.3) is 0 Å². The van der Waals surface area contributed by atoms with E-state index < -0.39 is 10.0 Å². The van der Waals surface area contributed by atoms with Gasteiger partial charge in [0.05, 0.1) is 10.7 Å². The number of hydrogen-bond acceptors (Lipinski definition) is 5. The molecule has 31 heavy (non-hydrogen) atoms. The molecular formula is C22H23Cl2N3O2S2. The first kappa shape index (κ1) is 22.6. The number of sulfonamides is 1. The predicted octanol–water partition coefficient (Wildman–Crippen LogP) is 5.17. The second-order valence-corrected chi connectivity index (χ2v) is 11.2. The lowest BCUT2D eigenvalue weighted by atomic mass is 9.99. The fourth-order valence-electron chi connectivity index (χ4n) is 3.77. The van der Waals surface area contributed by atoms with Crippen LogP contribution in [0.3, 0.4) is 0 Å². The van der Waals surface area contributed by atoms with Gasteiger partial charge in [-0.25, -0.2) is 13.4 Å². The molecule has 0 radical (unpaired) electrons. The summed E-state index contributed by atoms with van der Waals surface area (Å²) in [6.07, 6.45) is 0.804. The Morgan fingerprint density at radius 3 is 2.35 bits per heavy atom. The summed E-state index contributed by atoms with van der Waals surface area (Å²) in [5, 5.41) is 3.58. The van der Waals surface area contributed by atoms with Gasteiger partial charge < -0.3 is 4.90 Å². The Morgan fingerprint density at radius 2 is 1.71 bits per heavy atom. The minimum atomic E-state index is -3.66. The fourth-order valence-corrected chi connectivity index (χ4v) is 6.82. The van der Waals surface area contributed by atoms with E-state index in [0.29, 0.717) is 31.2 Å². The zero-order valence-electron chi connectivity index (χ0n) is 17.3. The van der Waals surface area contributed by atoms with Gasteiger partial charge in [0.15, 0.2) is 5.13 Å². The summed E-state index contributed by atoms with van der Waals surface area (Å²) in [6.45, 7) is 6.19. The van der Waals surface area contributed by atoms with Crippen molar-refractivity contribution in [3.8, 4) is 0 Å². The summed E-state index contributed by atoms with van der Waals surface area (Å²) in [5.74, 6) is 0. The molecule has 9 heteroatoms. The third-order valence-corrected chi connectivity index (χ3v) is 9.13. The van der Waals surface area contributed by atoms with Crippen molar-refractivity contribution in [3.05, 3.63) is 74.2 Å². The highest BCUT2D eigenvalue weighted by molar-refractivity contribution is 7.89. The summed E-state index contributed by atoms with van der Waals surface area (Å²) in [5.41, 5.74) is 4.90. The van der Waals surface area contributed by atoms with E-state index in [9.17, 15) is 8.42 Å². The lowest BCUT2D eigenvalue weighted by Gasteiger charge is -2.34. The minimum Gasteiger partial charge on any atom is -0.345 e. The molecule has 0 amide bonds. The molecule has 0 saturated carbocycles. The predicted molar refractivity (Wildman–Crippen MR) is 128 cm³/mol. The third kappa shape index (κ3) is 4.76. The molecule has 0 bridgehead atoms. The standard InChI is InChI=1S/C22H23Cl2N3O2S2/c1-15-4-3-5-16(2)19(15)13-18-14-30-22(25-18)26-8-10-27(11-9-26)31(28,29)21-7-6-17(23)12-20(21)24/h3-7,12,14H,8-11,13H2,1-2H3. The van der Waals surface area contributed by atoms with Crippen LogP contribution in [0.5, 0.6) is 0 Å². The highest BCUT2D eigenvalue weighted by atomic mass is 35.5. The highest BCUT2D eigenvalue weighted by Gasteiger charge is 2.31. The molecule has 4 rings (SSSR count). The molecule has 164 valence electrons. The Morgan fingerprint density at radius 1 is 1.03 bits per heavy atom. The minimum absolute atomic E-state index is 0.0946. The van der Waals surface area contributed by atoms with Crippen LogP contribution in [0.2, 0.25) is 10.0 Å². The summed E-state index contributed by atoms with van der Waals surface area (Å²) < 4.78 is 27.5. The first-order chi connectivity index (χ1) is 14.8. The number of benzene rings is 2. The van der Waals surface area contributed by atoms with E-state index in [2.05, 4.69) is 42.3 Å². The first-order valence-electron chi connectivity index (χ1n) is 9.95. The maximum atomic E-state index is 13.0. The van der Waals surface area contributed by atoms with E-state index in [0.717, 1.165) is 17.2 Å². The van der Waals surface area contributed by atoms with Gasteiger partial charge in [0.25, 0.3) is 0 Å². The SMILES string of the molecule is Cc1cccc(C)c1Cc1csc(N2CCN(S(=O)(=O)c3ccc(Cl)cc3Cl)CC2)n1. The molecular weight excluding hydrogens is 473 g/mol. The van der Waals surface area contributed by atoms with Crippen molar-refractivity contribution in [1.29, 1.82) is 0 Å². The zero-order chi connectivity index (χ0) is 22.2. The number of rotatable bonds is 5. The Labute approximate surface area is 197 Å². The molecule has 2 aromatic carbocycles. The Balaban J connectivity index is 1.44. The molecule has 5 nitrogen and oxygen atoms in total. The number of thiazole rings is 1. The first-order valence-corrected chi connectivity index (χ1v) is 13.0. The lowest BCUT2D eigenvalue weighted by molar-refractivity contribution is 0.384. The van der Waals surface area contributed by atoms with Gasteiger partial charge >= 0.3 is 0 Å². The Hall–Kier alpha value is -1.64. The average Bonchev–Trinajstić information content (AvgIpc) is 3.19. The summed E-state index contributed by atoms with van der Waals surface area (Å²) in [6, 6.07) is 10.8. The second-order valence-electron chi connectivity index (χ2n) is 7.63. The van der Waals surface area contributed by atoms with Crippen LogP contribution in [0, 0.1) is 13.8 Å². The van der Waals surface area contributed by atoms with Gasteiger partial charge in [-0.3, -0.25) is 0 Å². The summed E-state index contributed by atoms with van der Waals surface area (Å²) in [4.78, 5) is 7.06. The van der Waals surface area contributed by atoms with Gasteiger partial charge in [-0.1, -0.05) is 41.4 Å². The van der Waals surface area contributed by atoms with Crippen LogP contribution in [0.1, 0.15) is 22.4 Å². The summed E-state index contributed by atoms with van der Waals surface area (Å²) in [7, 11) is -3.66. The number of aryl methyl sites for hydroxylation is 2. The molecule has 1 aliphatic rings. The van der Waals surface area contributed by atoms with Gasteiger partial charge in [0.2, 0.25) is 10.0 Å². The van der Waals surface area contributed by atoms with Crippen LogP contribution in [0.15, 0.2) is 46.7 Å². The van der Waals surface area contributed by atoms with Gasteiger partial charge in [0.1, 0.15) is 4.90 Å². The topological polar surface area (TPSA) is 53.5 Å². The molecule has 1 fully saturated rings. The largest absolute Gasteiger partial charge is 0.345 e. The number of piperazine rings is 1. The van der Waals surface area contributed by atoms with Gasteiger partial charge in [-0.15, -0.1) is 11.3 Å². The zero-order valence-corrected chi connectivity index (χ0v) is 20.5. The smallest absolute Gasteiger partial charge is 0.244 e. The molecule has 1 saturated heterocycles. The maximum absolute atomic E-state index is 13.0. The van der Waals surface area contributed by atoms with Crippen molar-refractivity contribution >= 4 is 49.7 Å². The molecule has 3 aromatic rings. The third-order valence-electron chi connectivity index (χ3n) is 5.56. The van der Waals surface area contributed by atoms with Crippen LogP contribution in [-0.4, -0.2) is 43.9 Å². The number of hydrogen-bond donors (Lipinski definition) is 0. The monoisotopic (exact) mass is 495 g/mol. The molecule has 0 aliphatic carbocycles. The van der Waals surface area contributed by atoms with Crippen LogP contribution in [0.4, 0.5) is 5.13 Å². The van der Waals surface area contributed by atoms with Crippen molar-refractivity contribution in [2.24, 2.45) is 0 Å². The van der Waals surface area contributed by atoms with Crippen molar-refractivity contribution < 1.29 is 8.42 Å². The van der Waals surface area contributed by atoms with E-state index >= 15 is 0 Å². The van der Waals surface area contributed by atoms with Crippen molar-refractivity contribution in [1.82, 2.24) is 9.29 Å². The summed E-state index contributed by atoms with van der Waals surface area (Å²) >= 11 is 13.7. The molecule has 2 heterocycles. The highest BCUT2D eigenvalue weighted by Crippen LogP contribution is 2.30. The second kappa shape index (κ2) is 9.08. The van der Waals surface area contributed by atoms with E-state index in [1.54, 1.807) is 17.4 Å². The van der Waals surface area contributed by atoms with Gasteiger partial charge in [-0.2, -0.15) is 4.31 Å². The van der Waals surface area contributed by atoms with E-state index in [4.69, 9.17) is 28.2 Å². The van der Waals surface area contributed by atoms with Crippen molar-refractivity contribution in [2.75, 3.05) is 31.1 Å². The number of halogens is 2. The molecule has 0 atom stereocenters. The quantitative estimate of drug-likeness (QED) is 0.489. The van der Waals surface area contributed by atoms with E-state index in [1.165, 1.54) is 33.1 Å². The Bertz CT molecular complexity index is 1180. The lowest BCUT2D eigenvalue weighted by Crippen LogP contribution is -2.48. The van der Waals surface area contributed by atoms with Crippen LogP contribution < -0.4 is 4.90 Å². The molecule has 0 spiro atoms. The maximum Gasteiger partial charge on any atom is 0.244 e. The fraction of sp³-hybridized carbons (Fsp3) is 0.318. The molecule has 1 aliphatic heterocycles. The average molecular weight is 496 g/mol. The van der Waals surface area contributed by atoms with Crippen molar-refractivity contribution in [3.63, 3.8) is 0 Å². The normalized spacial score (nSPS) is 15.4. The van der Waals surface area contributed by atoms with Crippen molar-refractivity contribution in [2.45, 2.75) is 25.2 Å². The van der Waals surface area contributed by atoms with E-state index in [1.807, 2.05) is 0 Å². The number of nitrogens with zero attached hydrogens (tertiary/aromatic N) is 3. The van der Waals surface area contributed by atoms with Crippen LogP contribution in [-0.2, 0) is 16.4 Å². The van der Waals surface area contributed by atoms with Crippen LogP contribution >= 0.6 is 34.5 Å². The molecule has 0 unspecified atom stereocenters. The van der Waals surface area contributed by atoms with E-state index in [-0.39, 0.29) is 9.92 Å². The molecule has 0 N–H and O–H groups in total. The molecule has 1 aromatic heterocycles. The number of anilines is 1. The Kier molecular flexibility index (Phi) is 6.60.